The molecule has 0 aliphatic heterocycles. The Morgan fingerprint density at radius 2 is 2.38 bits per heavy atom. The second-order valence-electron chi connectivity index (χ2n) is 2.70. The lowest BCUT2D eigenvalue weighted by Gasteiger charge is -2.01. The predicted octanol–water partition coefficient (Wildman–Crippen LogP) is 0.515. The Bertz CT molecular complexity index is 343. The van der Waals surface area contributed by atoms with E-state index in [1.165, 1.54) is 12.3 Å². The minimum Gasteiger partial charge on any atom is -0.352 e. The first-order chi connectivity index (χ1) is 6.24. The van der Waals surface area contributed by atoms with Crippen molar-refractivity contribution >= 4 is 5.91 Å². The Kier molecular flexibility index (Phi) is 3.25. The van der Waals surface area contributed by atoms with Gasteiger partial charge in [-0.25, -0.2) is 0 Å². The second kappa shape index (κ2) is 4.45. The average Bonchev–Trinajstić information content (AvgIpc) is 2.14. The monoisotopic (exact) mass is 180 g/mol. The maximum Gasteiger partial charge on any atom is 0.251 e. The molecule has 0 aromatic carbocycles. The summed E-state index contributed by atoms with van der Waals surface area (Å²) in [4.78, 5) is 24.6. The lowest BCUT2D eigenvalue weighted by molar-refractivity contribution is 0.0953. The van der Waals surface area contributed by atoms with Crippen LogP contribution in [-0.2, 0) is 0 Å². The third kappa shape index (κ3) is 2.74. The third-order valence-corrected chi connectivity index (χ3v) is 1.57. The summed E-state index contributed by atoms with van der Waals surface area (Å²) in [6.45, 7) is 2.60. The Labute approximate surface area is 76.0 Å². The van der Waals surface area contributed by atoms with E-state index in [9.17, 15) is 9.59 Å². The number of nitrogens with one attached hydrogen (secondary N) is 2. The van der Waals surface area contributed by atoms with Gasteiger partial charge >= 0.3 is 0 Å². The van der Waals surface area contributed by atoms with Gasteiger partial charge in [-0.3, -0.25) is 9.59 Å². The molecule has 0 saturated carbocycles. The zero-order chi connectivity index (χ0) is 9.68. The normalized spacial score (nSPS) is 9.62. The molecule has 0 unspecified atom stereocenters. The van der Waals surface area contributed by atoms with Crippen molar-refractivity contribution in [2.24, 2.45) is 0 Å². The summed E-state index contributed by atoms with van der Waals surface area (Å²) in [5, 5.41) is 2.68. The summed E-state index contributed by atoms with van der Waals surface area (Å²) in [6.07, 6.45) is 2.35. The number of carbonyl (C=O) groups is 1. The highest BCUT2D eigenvalue weighted by Gasteiger charge is 2.03. The molecule has 2 N–H and O–H groups in total. The van der Waals surface area contributed by atoms with Crippen LogP contribution in [0.25, 0.3) is 0 Å². The zero-order valence-corrected chi connectivity index (χ0v) is 7.46. The third-order valence-electron chi connectivity index (χ3n) is 1.57. The molecule has 0 aliphatic carbocycles. The van der Waals surface area contributed by atoms with E-state index in [1.807, 2.05) is 6.92 Å². The van der Waals surface area contributed by atoms with Gasteiger partial charge < -0.3 is 10.3 Å². The fraction of sp³-hybridized carbons (Fsp3) is 0.333. The molecule has 0 spiro atoms. The largest absolute Gasteiger partial charge is 0.352 e. The van der Waals surface area contributed by atoms with Gasteiger partial charge in [-0.2, -0.15) is 0 Å². The summed E-state index contributed by atoms with van der Waals surface area (Å²) in [6, 6.07) is 2.86. The van der Waals surface area contributed by atoms with Crippen LogP contribution in [0.15, 0.2) is 23.1 Å². The van der Waals surface area contributed by atoms with Gasteiger partial charge in [0.2, 0.25) is 5.56 Å². The molecule has 13 heavy (non-hydrogen) atoms. The Morgan fingerprint density at radius 3 is 3.00 bits per heavy atom. The Morgan fingerprint density at radius 1 is 1.62 bits per heavy atom. The first kappa shape index (κ1) is 9.51. The Hall–Kier alpha value is -1.58. The molecule has 0 atom stereocenters. The highest BCUT2D eigenvalue weighted by atomic mass is 16.2. The van der Waals surface area contributed by atoms with E-state index < -0.39 is 0 Å². The highest BCUT2D eigenvalue weighted by Crippen LogP contribution is 1.92. The number of amides is 1. The van der Waals surface area contributed by atoms with Crippen molar-refractivity contribution in [1.29, 1.82) is 0 Å². The summed E-state index contributed by atoms with van der Waals surface area (Å²) < 4.78 is 0. The van der Waals surface area contributed by atoms with Gasteiger partial charge in [0.05, 0.1) is 0 Å². The average molecular weight is 180 g/mol. The number of hydrogen-bond acceptors (Lipinski definition) is 2. The molecule has 0 saturated heterocycles. The van der Waals surface area contributed by atoms with Gasteiger partial charge in [-0.15, -0.1) is 0 Å². The van der Waals surface area contributed by atoms with E-state index in [0.717, 1.165) is 6.42 Å². The van der Waals surface area contributed by atoms with Crippen molar-refractivity contribution in [3.8, 4) is 0 Å². The molecule has 0 radical (unpaired) electrons. The summed E-state index contributed by atoms with van der Waals surface area (Å²) >= 11 is 0. The summed E-state index contributed by atoms with van der Waals surface area (Å²) in [7, 11) is 0. The molecule has 1 rings (SSSR count). The molecule has 70 valence electrons. The molecular weight excluding hydrogens is 168 g/mol. The lowest BCUT2D eigenvalue weighted by atomic mass is 10.2. The SMILES string of the molecule is CCCNC(=O)c1cc[nH]c(=O)c1. The van der Waals surface area contributed by atoms with E-state index in [-0.39, 0.29) is 11.5 Å². The van der Waals surface area contributed by atoms with Crippen LogP contribution in [0.3, 0.4) is 0 Å². The number of H-pyrrole nitrogens is 1. The van der Waals surface area contributed by atoms with Crippen LogP contribution in [0, 0.1) is 0 Å². The van der Waals surface area contributed by atoms with Gasteiger partial charge in [0, 0.05) is 24.4 Å². The molecule has 0 fully saturated rings. The highest BCUT2D eigenvalue weighted by molar-refractivity contribution is 5.93. The van der Waals surface area contributed by atoms with Crippen molar-refractivity contribution in [1.82, 2.24) is 10.3 Å². The van der Waals surface area contributed by atoms with E-state index in [4.69, 9.17) is 0 Å². The number of aromatic amines is 1. The quantitative estimate of drug-likeness (QED) is 0.712. The fourth-order valence-electron chi connectivity index (χ4n) is 0.926. The van der Waals surface area contributed by atoms with Crippen LogP contribution in [0.4, 0.5) is 0 Å². The van der Waals surface area contributed by atoms with Crippen LogP contribution >= 0.6 is 0 Å². The van der Waals surface area contributed by atoms with Crippen molar-refractivity contribution in [3.63, 3.8) is 0 Å². The van der Waals surface area contributed by atoms with E-state index >= 15 is 0 Å². The molecule has 4 nitrogen and oxygen atoms in total. The smallest absolute Gasteiger partial charge is 0.251 e. The molecule has 0 aliphatic rings. The maximum absolute atomic E-state index is 11.3. The van der Waals surface area contributed by atoms with Crippen molar-refractivity contribution in [3.05, 3.63) is 34.2 Å². The first-order valence-corrected chi connectivity index (χ1v) is 4.21. The molecule has 4 heteroatoms. The maximum atomic E-state index is 11.3. The van der Waals surface area contributed by atoms with Gasteiger partial charge in [0.25, 0.3) is 5.91 Å². The number of carbonyl (C=O) groups excluding carboxylic acids is 1. The van der Waals surface area contributed by atoms with E-state index in [2.05, 4.69) is 10.3 Å². The standard InChI is InChI=1S/C9H12N2O2/c1-2-4-11-9(13)7-3-5-10-8(12)6-7/h3,5-6H,2,4H2,1H3,(H,10,12)(H,11,13). The number of rotatable bonds is 3. The fourth-order valence-corrected chi connectivity index (χ4v) is 0.926. The summed E-state index contributed by atoms with van der Waals surface area (Å²) in [5.41, 5.74) is 0.140. The molecule has 1 heterocycles. The van der Waals surface area contributed by atoms with Crippen LogP contribution < -0.4 is 10.9 Å². The van der Waals surface area contributed by atoms with Crippen molar-refractivity contribution < 1.29 is 4.79 Å². The minimum absolute atomic E-state index is 0.201. The van der Waals surface area contributed by atoms with Crippen LogP contribution in [0.1, 0.15) is 23.7 Å². The molecule has 1 aromatic heterocycles. The Balaban J connectivity index is 2.71. The van der Waals surface area contributed by atoms with E-state index in [0.29, 0.717) is 12.1 Å². The molecule has 0 bridgehead atoms. The first-order valence-electron chi connectivity index (χ1n) is 4.21. The van der Waals surface area contributed by atoms with Crippen molar-refractivity contribution in [2.75, 3.05) is 6.54 Å². The number of hydrogen-bond donors (Lipinski definition) is 2. The molecule has 1 amide bonds. The van der Waals surface area contributed by atoms with Gasteiger partial charge in [-0.05, 0) is 12.5 Å². The van der Waals surface area contributed by atoms with Crippen LogP contribution in [0.5, 0.6) is 0 Å². The van der Waals surface area contributed by atoms with E-state index in [1.54, 1.807) is 6.07 Å². The summed E-state index contributed by atoms with van der Waals surface area (Å²) in [5.74, 6) is -0.201. The lowest BCUT2D eigenvalue weighted by Crippen LogP contribution is -2.25. The topological polar surface area (TPSA) is 62.0 Å². The van der Waals surface area contributed by atoms with Crippen LogP contribution in [-0.4, -0.2) is 17.4 Å². The number of aromatic nitrogens is 1. The molecule has 1 aromatic rings. The minimum atomic E-state index is -0.260. The van der Waals surface area contributed by atoms with Gasteiger partial charge in [0.1, 0.15) is 0 Å². The van der Waals surface area contributed by atoms with Gasteiger partial charge in [0.15, 0.2) is 0 Å². The number of pyridine rings is 1. The van der Waals surface area contributed by atoms with Crippen molar-refractivity contribution in [2.45, 2.75) is 13.3 Å². The van der Waals surface area contributed by atoms with Crippen LogP contribution in [0.2, 0.25) is 0 Å². The predicted molar refractivity (Wildman–Crippen MR) is 49.7 cm³/mol. The van der Waals surface area contributed by atoms with Gasteiger partial charge in [-0.1, -0.05) is 6.92 Å². The molecular formula is C9H12N2O2. The second-order valence-corrected chi connectivity index (χ2v) is 2.70. The zero-order valence-electron chi connectivity index (χ0n) is 7.46.